The maximum Gasteiger partial charge on any atom is 0.216 e. The average molecular weight is 412 g/mol. The van der Waals surface area contributed by atoms with Crippen molar-refractivity contribution in [2.45, 2.75) is 103 Å². The van der Waals surface area contributed by atoms with E-state index in [0.29, 0.717) is 6.61 Å². The van der Waals surface area contributed by atoms with Gasteiger partial charge < -0.3 is 4.74 Å². The maximum absolute atomic E-state index is 5.73. The third-order valence-corrected chi connectivity index (χ3v) is 6.07. The fourth-order valence-corrected chi connectivity index (χ4v) is 4.13. The number of hydrogen-bond acceptors (Lipinski definition) is 2. The Balaban J connectivity index is 1.49. The van der Waals surface area contributed by atoms with Gasteiger partial charge in [0.1, 0.15) is 14.7 Å². The molecular weight excluding hydrogens is 370 g/mol. The molecule has 0 N–H and O–H groups in total. The number of unbranched alkanes of at least 4 members (excludes halogenated alkanes) is 8. The van der Waals surface area contributed by atoms with E-state index in [1.54, 1.807) is 0 Å². The lowest BCUT2D eigenvalue weighted by Crippen LogP contribution is -2.17. The molecular formula is C26H41NOSi. The van der Waals surface area contributed by atoms with Crippen molar-refractivity contribution in [3.8, 4) is 11.5 Å². The Labute approximate surface area is 180 Å². The monoisotopic (exact) mass is 411 g/mol. The lowest BCUT2D eigenvalue weighted by atomic mass is 10.0. The summed E-state index contributed by atoms with van der Waals surface area (Å²) in [6.07, 6.45) is 13.0. The van der Waals surface area contributed by atoms with E-state index in [1.165, 1.54) is 63.4 Å². The van der Waals surface area contributed by atoms with Crippen LogP contribution in [0.25, 0.3) is 0 Å². The summed E-state index contributed by atoms with van der Waals surface area (Å²) in [7, 11) is -1.16. The van der Waals surface area contributed by atoms with Crippen molar-refractivity contribution in [3.05, 3.63) is 35.4 Å². The first-order chi connectivity index (χ1) is 13.8. The lowest BCUT2D eigenvalue weighted by Gasteiger charge is -2.07. The Kier molecular flexibility index (Phi) is 9.50. The quantitative estimate of drug-likeness (QED) is 0.215. The normalized spacial score (nSPS) is 15.4. The highest BCUT2D eigenvalue weighted by Gasteiger charge is 2.26. The zero-order valence-electron chi connectivity index (χ0n) is 19.4. The van der Waals surface area contributed by atoms with Gasteiger partial charge in [-0.2, -0.15) is 0 Å². The number of aliphatic imine (C=N–C) groups is 1. The van der Waals surface area contributed by atoms with Gasteiger partial charge in [0.25, 0.3) is 0 Å². The van der Waals surface area contributed by atoms with E-state index in [2.05, 4.69) is 74.2 Å². The molecule has 0 atom stereocenters. The SMILES string of the molecule is CC1(C)COC(c2ccc(CCCCCCCCCCC#C[Si](C)(C)C)cc2)=N1. The highest BCUT2D eigenvalue weighted by molar-refractivity contribution is 6.83. The predicted molar refractivity (Wildman–Crippen MR) is 129 cm³/mol. The molecule has 2 nitrogen and oxygen atoms in total. The van der Waals surface area contributed by atoms with Crippen LogP contribution in [0.3, 0.4) is 0 Å². The molecule has 1 aromatic rings. The van der Waals surface area contributed by atoms with Gasteiger partial charge in [0.2, 0.25) is 5.90 Å². The Morgan fingerprint density at radius 3 is 2.03 bits per heavy atom. The van der Waals surface area contributed by atoms with Gasteiger partial charge in [-0.1, -0.05) is 70.3 Å². The summed E-state index contributed by atoms with van der Waals surface area (Å²) >= 11 is 0. The molecule has 1 aromatic carbocycles. The van der Waals surface area contributed by atoms with E-state index >= 15 is 0 Å². The molecule has 1 aliphatic heterocycles. The Bertz CT molecular complexity index is 701. The van der Waals surface area contributed by atoms with Crippen LogP contribution in [0.5, 0.6) is 0 Å². The molecule has 0 saturated heterocycles. The molecule has 1 heterocycles. The molecule has 0 unspecified atom stereocenters. The number of hydrogen-bond donors (Lipinski definition) is 0. The zero-order chi connectivity index (χ0) is 21.2. The van der Waals surface area contributed by atoms with Crippen LogP contribution in [-0.2, 0) is 11.2 Å². The lowest BCUT2D eigenvalue weighted by molar-refractivity contribution is 0.279. The summed E-state index contributed by atoms with van der Waals surface area (Å²) in [5.41, 5.74) is 5.90. The van der Waals surface area contributed by atoms with E-state index in [9.17, 15) is 0 Å². The topological polar surface area (TPSA) is 21.6 Å². The van der Waals surface area contributed by atoms with Crippen molar-refractivity contribution in [1.29, 1.82) is 0 Å². The van der Waals surface area contributed by atoms with Crippen LogP contribution in [-0.4, -0.2) is 26.1 Å². The van der Waals surface area contributed by atoms with Crippen molar-refractivity contribution < 1.29 is 4.74 Å². The van der Waals surface area contributed by atoms with Gasteiger partial charge in [0, 0.05) is 12.0 Å². The fourth-order valence-electron chi connectivity index (χ4n) is 3.48. The van der Waals surface area contributed by atoms with E-state index in [-0.39, 0.29) is 5.54 Å². The van der Waals surface area contributed by atoms with Crippen LogP contribution in [0.2, 0.25) is 19.6 Å². The minimum atomic E-state index is -1.16. The third-order valence-electron chi connectivity index (χ3n) is 5.15. The molecule has 0 radical (unpaired) electrons. The van der Waals surface area contributed by atoms with Crippen molar-refractivity contribution in [2.24, 2.45) is 4.99 Å². The highest BCUT2D eigenvalue weighted by atomic mass is 28.3. The average Bonchev–Trinajstić information content (AvgIpc) is 3.02. The number of ether oxygens (including phenoxy) is 1. The second-order valence-electron chi connectivity index (χ2n) is 10.1. The minimum Gasteiger partial charge on any atom is -0.475 e. The van der Waals surface area contributed by atoms with Gasteiger partial charge in [0.15, 0.2) is 0 Å². The van der Waals surface area contributed by atoms with Crippen LogP contribution < -0.4 is 0 Å². The minimum absolute atomic E-state index is 0.0875. The molecule has 2 rings (SSSR count). The molecule has 0 aromatic heterocycles. The Morgan fingerprint density at radius 1 is 0.897 bits per heavy atom. The van der Waals surface area contributed by atoms with Crippen LogP contribution >= 0.6 is 0 Å². The number of benzene rings is 1. The smallest absolute Gasteiger partial charge is 0.216 e. The predicted octanol–water partition coefficient (Wildman–Crippen LogP) is 7.18. The van der Waals surface area contributed by atoms with Crippen molar-refractivity contribution in [2.75, 3.05) is 6.61 Å². The second kappa shape index (κ2) is 11.6. The summed E-state index contributed by atoms with van der Waals surface area (Å²) < 4.78 is 5.73. The van der Waals surface area contributed by atoms with Gasteiger partial charge in [-0.25, -0.2) is 4.99 Å². The van der Waals surface area contributed by atoms with Crippen LogP contribution in [0.1, 0.15) is 82.8 Å². The molecule has 0 saturated carbocycles. The molecule has 3 heteroatoms. The zero-order valence-corrected chi connectivity index (χ0v) is 20.4. The van der Waals surface area contributed by atoms with Crippen LogP contribution in [0, 0.1) is 11.5 Å². The number of rotatable bonds is 11. The number of nitrogens with zero attached hydrogens (tertiary/aromatic N) is 1. The molecule has 160 valence electrons. The van der Waals surface area contributed by atoms with E-state index in [1.807, 2.05) is 0 Å². The van der Waals surface area contributed by atoms with Gasteiger partial charge in [-0.15, -0.1) is 11.5 Å². The standard InChI is InChI=1S/C26H41NOSi/c1-26(2)22-28-25(27-26)24-19-17-23(18-20-24)16-14-12-10-8-6-7-9-11-13-15-21-29(3,4)5/h17-20H,6-14,16,22H2,1-5H3. The fraction of sp³-hybridized carbons (Fsp3) is 0.654. The first-order valence-corrected chi connectivity index (χ1v) is 15.1. The van der Waals surface area contributed by atoms with Gasteiger partial charge >= 0.3 is 0 Å². The molecule has 1 aliphatic rings. The molecule has 0 aliphatic carbocycles. The molecule has 0 amide bonds. The summed E-state index contributed by atoms with van der Waals surface area (Å²) in [4.78, 5) is 4.65. The van der Waals surface area contributed by atoms with Gasteiger partial charge in [0.05, 0.1) is 5.54 Å². The number of aryl methyl sites for hydroxylation is 1. The molecule has 0 fully saturated rings. The van der Waals surface area contributed by atoms with Gasteiger partial charge in [-0.05, 0) is 50.8 Å². The highest BCUT2D eigenvalue weighted by Crippen LogP contribution is 2.21. The van der Waals surface area contributed by atoms with E-state index in [4.69, 9.17) is 4.74 Å². The molecule has 0 spiro atoms. The Hall–Kier alpha value is -1.53. The first kappa shape index (κ1) is 23.7. The molecule has 0 bridgehead atoms. The summed E-state index contributed by atoms with van der Waals surface area (Å²) in [5, 5.41) is 0. The van der Waals surface area contributed by atoms with Gasteiger partial charge in [-0.3, -0.25) is 0 Å². The van der Waals surface area contributed by atoms with Crippen LogP contribution in [0.15, 0.2) is 29.3 Å². The van der Waals surface area contributed by atoms with Crippen LogP contribution in [0.4, 0.5) is 0 Å². The van der Waals surface area contributed by atoms with Crippen molar-refractivity contribution in [1.82, 2.24) is 0 Å². The van der Waals surface area contributed by atoms with E-state index in [0.717, 1.165) is 17.9 Å². The molecule has 29 heavy (non-hydrogen) atoms. The largest absolute Gasteiger partial charge is 0.475 e. The summed E-state index contributed by atoms with van der Waals surface area (Å²) in [6, 6.07) is 8.78. The Morgan fingerprint density at radius 2 is 1.48 bits per heavy atom. The summed E-state index contributed by atoms with van der Waals surface area (Å²) in [5.74, 6) is 4.18. The van der Waals surface area contributed by atoms with Crippen molar-refractivity contribution >= 4 is 14.0 Å². The maximum atomic E-state index is 5.73. The van der Waals surface area contributed by atoms with E-state index < -0.39 is 8.07 Å². The van der Waals surface area contributed by atoms with Crippen molar-refractivity contribution in [3.63, 3.8) is 0 Å². The first-order valence-electron chi connectivity index (χ1n) is 11.6. The second-order valence-corrected chi connectivity index (χ2v) is 14.8. The summed E-state index contributed by atoms with van der Waals surface area (Å²) in [6.45, 7) is 11.8. The third kappa shape index (κ3) is 10.2.